The molecule has 1 aromatic carbocycles. The molecule has 26 heavy (non-hydrogen) atoms. The summed E-state index contributed by atoms with van der Waals surface area (Å²) in [6, 6.07) is 8.82. The molecule has 5 nitrogen and oxygen atoms in total. The van der Waals surface area contributed by atoms with Crippen LogP contribution in [0.4, 0.5) is 0 Å². The molecule has 2 aromatic rings. The van der Waals surface area contributed by atoms with Crippen LogP contribution in [0.3, 0.4) is 0 Å². The molecule has 1 spiro atoms. The highest BCUT2D eigenvalue weighted by molar-refractivity contribution is 5.79. The third-order valence-corrected chi connectivity index (χ3v) is 6.50. The molecule has 1 atom stereocenters. The van der Waals surface area contributed by atoms with Crippen LogP contribution in [0.25, 0.3) is 10.9 Å². The van der Waals surface area contributed by atoms with E-state index in [9.17, 15) is 4.79 Å². The third-order valence-electron chi connectivity index (χ3n) is 6.50. The van der Waals surface area contributed by atoms with Crippen LogP contribution in [0.5, 0.6) is 0 Å². The van der Waals surface area contributed by atoms with Gasteiger partial charge in [-0.2, -0.15) is 0 Å². The van der Waals surface area contributed by atoms with Crippen LogP contribution in [-0.2, 0) is 16.1 Å². The second kappa shape index (κ2) is 7.05. The van der Waals surface area contributed by atoms with Crippen LogP contribution in [0.2, 0.25) is 0 Å². The lowest BCUT2D eigenvalue weighted by Gasteiger charge is -2.42. The van der Waals surface area contributed by atoms with E-state index in [-0.39, 0.29) is 11.3 Å². The lowest BCUT2D eigenvalue weighted by atomic mass is 9.71. The van der Waals surface area contributed by atoms with E-state index < -0.39 is 0 Å². The minimum atomic E-state index is 0.199. The van der Waals surface area contributed by atoms with E-state index in [1.165, 1.54) is 16.5 Å². The van der Waals surface area contributed by atoms with Crippen molar-refractivity contribution in [3.63, 3.8) is 0 Å². The van der Waals surface area contributed by atoms with Crippen molar-refractivity contribution in [3.05, 3.63) is 36.0 Å². The van der Waals surface area contributed by atoms with E-state index >= 15 is 0 Å². The number of hydrogen-bond acceptors (Lipinski definition) is 3. The highest BCUT2D eigenvalue weighted by Crippen LogP contribution is 2.45. The fourth-order valence-electron chi connectivity index (χ4n) is 4.89. The number of fused-ring (bicyclic) bond motifs is 1. The zero-order valence-corrected chi connectivity index (χ0v) is 15.8. The van der Waals surface area contributed by atoms with Crippen molar-refractivity contribution in [3.8, 4) is 0 Å². The number of piperidine rings is 1. The number of methoxy groups -OCH3 is 1. The normalized spacial score (nSPS) is 23.2. The summed E-state index contributed by atoms with van der Waals surface area (Å²) in [6.07, 6.45) is 4.30. The molecule has 0 bridgehead atoms. The topological polar surface area (TPSA) is 48.6 Å². The van der Waals surface area contributed by atoms with Gasteiger partial charge in [0.1, 0.15) is 0 Å². The molecule has 1 aromatic heterocycles. The summed E-state index contributed by atoms with van der Waals surface area (Å²) in [5.74, 6) is 0.667. The Kier molecular flexibility index (Phi) is 4.76. The number of aromatic nitrogens is 1. The summed E-state index contributed by atoms with van der Waals surface area (Å²) < 4.78 is 5.48. The second-order valence-electron chi connectivity index (χ2n) is 8.09. The summed E-state index contributed by atoms with van der Waals surface area (Å²) >= 11 is 0. The average molecular weight is 355 g/mol. The number of ether oxygens (including phenoxy) is 1. The predicted molar refractivity (Wildman–Crippen MR) is 103 cm³/mol. The third kappa shape index (κ3) is 3.26. The van der Waals surface area contributed by atoms with Gasteiger partial charge in [-0.3, -0.25) is 9.69 Å². The second-order valence-corrected chi connectivity index (χ2v) is 8.09. The Balaban J connectivity index is 1.41. The zero-order valence-electron chi connectivity index (χ0n) is 15.8. The van der Waals surface area contributed by atoms with E-state index in [2.05, 4.69) is 34.1 Å². The number of carbonyl (C=O) groups is 1. The molecular weight excluding hydrogens is 326 g/mol. The minimum absolute atomic E-state index is 0.199. The fourth-order valence-corrected chi connectivity index (χ4v) is 4.89. The van der Waals surface area contributed by atoms with E-state index in [0.717, 1.165) is 52.2 Å². The first-order valence-corrected chi connectivity index (χ1v) is 9.62. The molecule has 5 heteroatoms. The number of rotatable bonds is 4. The van der Waals surface area contributed by atoms with Gasteiger partial charge < -0.3 is 14.6 Å². The highest BCUT2D eigenvalue weighted by Gasteiger charge is 2.48. The van der Waals surface area contributed by atoms with Gasteiger partial charge in [-0.05, 0) is 60.5 Å². The first kappa shape index (κ1) is 17.6. The lowest BCUT2D eigenvalue weighted by Crippen LogP contribution is -2.45. The molecule has 0 unspecified atom stereocenters. The van der Waals surface area contributed by atoms with Gasteiger partial charge in [0.15, 0.2) is 0 Å². The number of carbonyl (C=O) groups excluding carboxylic acids is 1. The Morgan fingerprint density at radius 2 is 2.12 bits per heavy atom. The van der Waals surface area contributed by atoms with Gasteiger partial charge in [-0.15, -0.1) is 0 Å². The smallest absolute Gasteiger partial charge is 0.219 e. The Labute approximate surface area is 155 Å². The summed E-state index contributed by atoms with van der Waals surface area (Å²) in [5.41, 5.74) is 2.81. The van der Waals surface area contributed by atoms with Gasteiger partial charge >= 0.3 is 0 Å². The lowest BCUT2D eigenvalue weighted by molar-refractivity contribution is -0.128. The van der Waals surface area contributed by atoms with E-state index in [4.69, 9.17) is 4.74 Å². The van der Waals surface area contributed by atoms with Gasteiger partial charge in [0, 0.05) is 51.3 Å². The van der Waals surface area contributed by atoms with Crippen LogP contribution in [-0.4, -0.2) is 60.6 Å². The minimum Gasteiger partial charge on any atom is -0.384 e. The van der Waals surface area contributed by atoms with Crippen molar-refractivity contribution in [2.24, 2.45) is 11.3 Å². The maximum atomic E-state index is 11.9. The molecule has 2 fully saturated rings. The Morgan fingerprint density at radius 3 is 2.85 bits per heavy atom. The molecular formula is C21H29N3O2. The molecule has 2 aliphatic rings. The van der Waals surface area contributed by atoms with Crippen molar-refractivity contribution < 1.29 is 9.53 Å². The van der Waals surface area contributed by atoms with Crippen molar-refractivity contribution in [1.29, 1.82) is 0 Å². The van der Waals surface area contributed by atoms with Crippen molar-refractivity contribution in [2.75, 3.05) is 39.9 Å². The summed E-state index contributed by atoms with van der Waals surface area (Å²) in [7, 11) is 1.77. The van der Waals surface area contributed by atoms with Crippen LogP contribution < -0.4 is 0 Å². The number of H-pyrrole nitrogens is 1. The molecule has 2 aliphatic heterocycles. The van der Waals surface area contributed by atoms with Crippen LogP contribution in [0, 0.1) is 11.3 Å². The fraction of sp³-hybridized carbons (Fsp3) is 0.571. The number of nitrogens with one attached hydrogen (secondary N) is 1. The Hall–Kier alpha value is -1.85. The molecule has 1 amide bonds. The van der Waals surface area contributed by atoms with Crippen LogP contribution in [0.15, 0.2) is 30.5 Å². The number of benzene rings is 1. The molecule has 140 valence electrons. The molecule has 2 saturated heterocycles. The maximum absolute atomic E-state index is 11.9. The average Bonchev–Trinajstić information content (AvgIpc) is 3.23. The maximum Gasteiger partial charge on any atom is 0.219 e. The summed E-state index contributed by atoms with van der Waals surface area (Å²) in [5, 5.41) is 1.28. The number of likely N-dealkylation sites (tertiary alicyclic amines) is 2. The Bertz CT molecular complexity index is 776. The molecule has 4 rings (SSSR count). The van der Waals surface area contributed by atoms with Crippen LogP contribution in [0.1, 0.15) is 25.3 Å². The van der Waals surface area contributed by atoms with Crippen molar-refractivity contribution in [2.45, 2.75) is 26.3 Å². The molecule has 3 heterocycles. The van der Waals surface area contributed by atoms with Crippen LogP contribution >= 0.6 is 0 Å². The Morgan fingerprint density at radius 1 is 1.31 bits per heavy atom. The molecule has 1 N–H and O–H groups in total. The number of aromatic amines is 1. The van der Waals surface area contributed by atoms with Gasteiger partial charge in [0.25, 0.3) is 0 Å². The van der Waals surface area contributed by atoms with Gasteiger partial charge in [-0.1, -0.05) is 6.07 Å². The number of amides is 1. The quantitative estimate of drug-likeness (QED) is 0.917. The van der Waals surface area contributed by atoms with E-state index in [1.54, 1.807) is 14.0 Å². The molecule has 0 saturated carbocycles. The predicted octanol–water partition coefficient (Wildman–Crippen LogP) is 2.87. The number of hydrogen-bond donors (Lipinski definition) is 1. The largest absolute Gasteiger partial charge is 0.384 e. The van der Waals surface area contributed by atoms with Crippen molar-refractivity contribution >= 4 is 16.8 Å². The first-order valence-electron chi connectivity index (χ1n) is 9.62. The highest BCUT2D eigenvalue weighted by atomic mass is 16.5. The first-order chi connectivity index (χ1) is 12.6. The molecule has 0 radical (unpaired) electrons. The zero-order chi connectivity index (χ0) is 18.1. The van der Waals surface area contributed by atoms with Gasteiger partial charge in [-0.25, -0.2) is 0 Å². The number of nitrogens with zero attached hydrogens (tertiary/aromatic N) is 2. The van der Waals surface area contributed by atoms with Crippen molar-refractivity contribution in [1.82, 2.24) is 14.8 Å². The summed E-state index contributed by atoms with van der Waals surface area (Å²) in [6.45, 7) is 7.40. The standard InChI is InChI=1S/C21H29N3O2/c1-16(25)24-13-19(14-26-2)21(15-24)6-9-23(10-7-21)12-17-3-4-20-18(11-17)5-8-22-20/h3-5,8,11,19,22H,6-7,9-10,12-15H2,1-2H3/t19-/m1/s1. The summed E-state index contributed by atoms with van der Waals surface area (Å²) in [4.78, 5) is 19.7. The van der Waals surface area contributed by atoms with Gasteiger partial charge in [0.2, 0.25) is 5.91 Å². The molecule has 0 aliphatic carbocycles. The monoisotopic (exact) mass is 355 g/mol. The van der Waals surface area contributed by atoms with Gasteiger partial charge in [0.05, 0.1) is 6.61 Å². The van der Waals surface area contributed by atoms with E-state index in [0.29, 0.717) is 5.92 Å². The SMILES string of the molecule is COC[C@H]1CN(C(C)=O)CC12CCN(Cc1ccc3[nH]ccc3c1)CC2. The van der Waals surface area contributed by atoms with E-state index in [1.807, 2.05) is 11.1 Å².